The van der Waals surface area contributed by atoms with Crippen LogP contribution in [-0.4, -0.2) is 67.9 Å². The van der Waals surface area contributed by atoms with Crippen LogP contribution in [0.4, 0.5) is 0 Å². The summed E-state index contributed by atoms with van der Waals surface area (Å²) >= 11 is 0. The third-order valence-corrected chi connectivity index (χ3v) is 4.76. The summed E-state index contributed by atoms with van der Waals surface area (Å²) in [5, 5.41) is 0. The Balaban J connectivity index is 1.93. The standard InChI is InChI=1S/C15H26N2O3/c1-11(18)13-6-9-17(10-14(13)20-3)15(19)12-4-7-16(2)8-5-12/h12-14H,4-10H2,1-3H3. The topological polar surface area (TPSA) is 49.9 Å². The summed E-state index contributed by atoms with van der Waals surface area (Å²) in [5.41, 5.74) is 0. The number of rotatable bonds is 3. The van der Waals surface area contributed by atoms with Crippen LogP contribution in [0, 0.1) is 11.8 Å². The van der Waals surface area contributed by atoms with Crippen molar-refractivity contribution in [3.63, 3.8) is 0 Å². The third-order valence-electron chi connectivity index (χ3n) is 4.76. The summed E-state index contributed by atoms with van der Waals surface area (Å²) in [4.78, 5) is 28.3. The van der Waals surface area contributed by atoms with Crippen LogP contribution in [0.1, 0.15) is 26.2 Å². The van der Waals surface area contributed by atoms with Crippen molar-refractivity contribution in [2.75, 3.05) is 40.3 Å². The molecule has 114 valence electrons. The maximum atomic E-state index is 12.6. The van der Waals surface area contributed by atoms with E-state index in [0.717, 1.165) is 32.4 Å². The summed E-state index contributed by atoms with van der Waals surface area (Å²) in [7, 11) is 3.73. The van der Waals surface area contributed by atoms with E-state index in [2.05, 4.69) is 11.9 Å². The number of nitrogens with zero attached hydrogens (tertiary/aromatic N) is 2. The van der Waals surface area contributed by atoms with Crippen molar-refractivity contribution in [2.45, 2.75) is 32.3 Å². The van der Waals surface area contributed by atoms with Crippen LogP contribution in [0.5, 0.6) is 0 Å². The van der Waals surface area contributed by atoms with Crippen LogP contribution in [0.3, 0.4) is 0 Å². The van der Waals surface area contributed by atoms with Gasteiger partial charge in [-0.1, -0.05) is 0 Å². The molecule has 0 radical (unpaired) electrons. The first-order valence-corrected chi connectivity index (χ1v) is 7.53. The van der Waals surface area contributed by atoms with Crippen molar-refractivity contribution in [1.29, 1.82) is 0 Å². The highest BCUT2D eigenvalue weighted by atomic mass is 16.5. The van der Waals surface area contributed by atoms with Gasteiger partial charge in [0, 0.05) is 32.0 Å². The largest absolute Gasteiger partial charge is 0.379 e. The Bertz CT molecular complexity index is 364. The van der Waals surface area contributed by atoms with Crippen molar-refractivity contribution in [1.82, 2.24) is 9.80 Å². The summed E-state index contributed by atoms with van der Waals surface area (Å²) in [6, 6.07) is 0. The highest BCUT2D eigenvalue weighted by Crippen LogP contribution is 2.25. The van der Waals surface area contributed by atoms with Crippen molar-refractivity contribution >= 4 is 11.7 Å². The maximum Gasteiger partial charge on any atom is 0.225 e. The van der Waals surface area contributed by atoms with Crippen LogP contribution in [-0.2, 0) is 14.3 Å². The fourth-order valence-corrected chi connectivity index (χ4v) is 3.33. The molecule has 2 atom stereocenters. The smallest absolute Gasteiger partial charge is 0.225 e. The quantitative estimate of drug-likeness (QED) is 0.767. The van der Waals surface area contributed by atoms with Crippen LogP contribution in [0.15, 0.2) is 0 Å². The van der Waals surface area contributed by atoms with E-state index in [-0.39, 0.29) is 29.6 Å². The van der Waals surface area contributed by atoms with Crippen molar-refractivity contribution in [2.24, 2.45) is 11.8 Å². The lowest BCUT2D eigenvalue weighted by Gasteiger charge is -2.39. The number of ether oxygens (including phenoxy) is 1. The molecule has 2 saturated heterocycles. The molecule has 2 unspecified atom stereocenters. The van der Waals surface area contributed by atoms with Crippen LogP contribution >= 0.6 is 0 Å². The molecule has 0 aliphatic carbocycles. The third kappa shape index (κ3) is 3.38. The van der Waals surface area contributed by atoms with Gasteiger partial charge in [-0.25, -0.2) is 0 Å². The van der Waals surface area contributed by atoms with E-state index in [4.69, 9.17) is 4.74 Å². The van der Waals surface area contributed by atoms with E-state index in [1.165, 1.54) is 0 Å². The van der Waals surface area contributed by atoms with E-state index < -0.39 is 0 Å². The number of Topliss-reactive ketones (excluding diaryl/α,β-unsaturated/α-hetero) is 1. The molecule has 0 aromatic heterocycles. The summed E-state index contributed by atoms with van der Waals surface area (Å²) in [6.07, 6.45) is 2.47. The predicted molar refractivity (Wildman–Crippen MR) is 76.4 cm³/mol. The lowest BCUT2D eigenvalue weighted by Crippen LogP contribution is -2.51. The molecule has 0 aromatic carbocycles. The molecule has 2 fully saturated rings. The fourth-order valence-electron chi connectivity index (χ4n) is 3.33. The number of amides is 1. The number of methoxy groups -OCH3 is 1. The molecule has 2 rings (SSSR count). The molecule has 0 saturated carbocycles. The zero-order valence-electron chi connectivity index (χ0n) is 12.8. The number of likely N-dealkylation sites (tertiary alicyclic amines) is 2. The van der Waals surface area contributed by atoms with Gasteiger partial charge in [-0.15, -0.1) is 0 Å². The minimum Gasteiger partial charge on any atom is -0.379 e. The second-order valence-electron chi connectivity index (χ2n) is 6.14. The zero-order valence-corrected chi connectivity index (χ0v) is 12.8. The zero-order chi connectivity index (χ0) is 14.7. The van der Waals surface area contributed by atoms with Crippen molar-refractivity contribution in [3.8, 4) is 0 Å². The van der Waals surface area contributed by atoms with Crippen molar-refractivity contribution in [3.05, 3.63) is 0 Å². The molecule has 5 nitrogen and oxygen atoms in total. The monoisotopic (exact) mass is 282 g/mol. The van der Waals surface area contributed by atoms with Gasteiger partial charge in [0.25, 0.3) is 0 Å². The Hall–Kier alpha value is -0.940. The molecule has 5 heteroatoms. The Morgan fingerprint density at radius 1 is 1.10 bits per heavy atom. The molecule has 1 amide bonds. The Morgan fingerprint density at radius 2 is 1.75 bits per heavy atom. The van der Waals surface area contributed by atoms with Crippen LogP contribution < -0.4 is 0 Å². The normalized spacial score (nSPS) is 29.4. The maximum absolute atomic E-state index is 12.6. The van der Waals surface area contributed by atoms with Crippen LogP contribution in [0.25, 0.3) is 0 Å². The van der Waals surface area contributed by atoms with E-state index in [9.17, 15) is 9.59 Å². The summed E-state index contributed by atoms with van der Waals surface area (Å²) < 4.78 is 5.43. The average molecular weight is 282 g/mol. The number of hydrogen-bond acceptors (Lipinski definition) is 4. The molecule has 2 aliphatic rings. The highest BCUT2D eigenvalue weighted by molar-refractivity contribution is 5.81. The van der Waals surface area contributed by atoms with E-state index in [1.807, 2.05) is 4.90 Å². The fraction of sp³-hybridized carbons (Fsp3) is 0.867. The van der Waals surface area contributed by atoms with Gasteiger partial charge in [0.15, 0.2) is 0 Å². The number of carbonyl (C=O) groups excluding carboxylic acids is 2. The van der Waals surface area contributed by atoms with E-state index >= 15 is 0 Å². The second kappa shape index (κ2) is 6.68. The molecular formula is C15H26N2O3. The van der Waals surface area contributed by atoms with Gasteiger partial charge in [0.05, 0.1) is 6.10 Å². The Kier molecular flexibility index (Phi) is 5.16. The number of piperidine rings is 2. The first-order chi connectivity index (χ1) is 9.52. The molecule has 0 aromatic rings. The minimum atomic E-state index is -0.142. The Labute approximate surface area is 121 Å². The minimum absolute atomic E-state index is 0.0541. The SMILES string of the molecule is COC1CN(C(=O)C2CCN(C)CC2)CCC1C(C)=O. The molecule has 0 N–H and O–H groups in total. The number of ketones is 1. The van der Waals surface area contributed by atoms with Gasteiger partial charge in [-0.3, -0.25) is 9.59 Å². The molecule has 0 bridgehead atoms. The first-order valence-electron chi connectivity index (χ1n) is 7.53. The van der Waals surface area contributed by atoms with Gasteiger partial charge in [0.1, 0.15) is 5.78 Å². The van der Waals surface area contributed by atoms with Crippen LogP contribution in [0.2, 0.25) is 0 Å². The molecule has 20 heavy (non-hydrogen) atoms. The van der Waals surface area contributed by atoms with Gasteiger partial charge in [-0.2, -0.15) is 0 Å². The predicted octanol–water partition coefficient (Wildman–Crippen LogP) is 0.781. The highest BCUT2D eigenvalue weighted by Gasteiger charge is 2.36. The second-order valence-corrected chi connectivity index (χ2v) is 6.14. The first kappa shape index (κ1) is 15.4. The van der Waals surface area contributed by atoms with Gasteiger partial charge < -0.3 is 14.5 Å². The van der Waals surface area contributed by atoms with Gasteiger partial charge in [-0.05, 0) is 46.3 Å². The Morgan fingerprint density at radius 3 is 2.30 bits per heavy atom. The molecule has 2 heterocycles. The number of hydrogen-bond donors (Lipinski definition) is 0. The number of carbonyl (C=O) groups is 2. The summed E-state index contributed by atoms with van der Waals surface area (Å²) in [5.74, 6) is 0.518. The van der Waals surface area contributed by atoms with Crippen molar-refractivity contribution < 1.29 is 14.3 Å². The molecule has 2 aliphatic heterocycles. The average Bonchev–Trinajstić information content (AvgIpc) is 2.46. The van der Waals surface area contributed by atoms with E-state index in [1.54, 1.807) is 14.0 Å². The van der Waals surface area contributed by atoms with Gasteiger partial charge in [0.2, 0.25) is 5.91 Å². The summed E-state index contributed by atoms with van der Waals surface area (Å²) in [6.45, 7) is 4.86. The lowest BCUT2D eigenvalue weighted by molar-refractivity contribution is -0.145. The van der Waals surface area contributed by atoms with E-state index in [0.29, 0.717) is 13.1 Å². The van der Waals surface area contributed by atoms with Gasteiger partial charge >= 0.3 is 0 Å². The lowest BCUT2D eigenvalue weighted by atomic mass is 9.88. The molecule has 0 spiro atoms. The molecular weight excluding hydrogens is 256 g/mol.